The van der Waals surface area contributed by atoms with Crippen molar-refractivity contribution < 1.29 is 9.47 Å². The summed E-state index contributed by atoms with van der Waals surface area (Å²) in [5.41, 5.74) is 1.35. The van der Waals surface area contributed by atoms with Gasteiger partial charge in [0.1, 0.15) is 12.7 Å². The quantitative estimate of drug-likeness (QED) is 0.907. The summed E-state index contributed by atoms with van der Waals surface area (Å²) in [6, 6.07) is 18.6. The number of para-hydroxylation sites is 3. The van der Waals surface area contributed by atoms with Gasteiger partial charge in [-0.25, -0.2) is 0 Å². The van der Waals surface area contributed by atoms with Gasteiger partial charge in [0.05, 0.1) is 0 Å². The molecule has 1 atom stereocenters. The standard InChI is InChI=1S/C21H26N2O2/c1-2-6-18(7-3-1)23-12-10-17(11-13-23)14-22-15-19-16-24-20-8-4-5-9-21(20)25-19/h1-9,17,19,22H,10-16H2/t19-/m1/s1. The summed E-state index contributed by atoms with van der Waals surface area (Å²) in [5, 5.41) is 3.59. The van der Waals surface area contributed by atoms with Crippen molar-refractivity contribution in [1.82, 2.24) is 5.32 Å². The van der Waals surface area contributed by atoms with Gasteiger partial charge in [-0.2, -0.15) is 0 Å². The second-order valence-electron chi connectivity index (χ2n) is 6.92. The molecule has 0 radical (unpaired) electrons. The Morgan fingerprint density at radius 2 is 1.60 bits per heavy atom. The Labute approximate surface area is 149 Å². The Morgan fingerprint density at radius 1 is 0.880 bits per heavy atom. The minimum absolute atomic E-state index is 0.0966. The molecule has 1 N–H and O–H groups in total. The van der Waals surface area contributed by atoms with Crippen LogP contribution in [0.2, 0.25) is 0 Å². The minimum atomic E-state index is 0.0966. The van der Waals surface area contributed by atoms with Crippen LogP contribution in [0.4, 0.5) is 5.69 Å². The van der Waals surface area contributed by atoms with E-state index in [1.807, 2.05) is 24.3 Å². The minimum Gasteiger partial charge on any atom is -0.486 e. The van der Waals surface area contributed by atoms with Crippen LogP contribution in [-0.4, -0.2) is 38.9 Å². The molecule has 0 aliphatic carbocycles. The van der Waals surface area contributed by atoms with E-state index in [9.17, 15) is 0 Å². The van der Waals surface area contributed by atoms with Crippen molar-refractivity contribution in [2.75, 3.05) is 37.7 Å². The lowest BCUT2D eigenvalue weighted by molar-refractivity contribution is 0.0894. The fraction of sp³-hybridized carbons (Fsp3) is 0.429. The van der Waals surface area contributed by atoms with Gasteiger partial charge in [-0.15, -0.1) is 0 Å². The highest BCUT2D eigenvalue weighted by molar-refractivity contribution is 5.46. The van der Waals surface area contributed by atoms with Crippen LogP contribution in [0.5, 0.6) is 11.5 Å². The molecule has 2 aliphatic rings. The molecule has 2 aromatic rings. The molecule has 0 amide bonds. The first-order chi connectivity index (χ1) is 12.4. The van der Waals surface area contributed by atoms with E-state index in [1.54, 1.807) is 0 Å². The fourth-order valence-electron chi connectivity index (χ4n) is 3.65. The number of rotatable bonds is 5. The van der Waals surface area contributed by atoms with E-state index >= 15 is 0 Å². The Hall–Kier alpha value is -2.20. The molecular formula is C21H26N2O2. The van der Waals surface area contributed by atoms with E-state index in [0.29, 0.717) is 6.61 Å². The number of fused-ring (bicyclic) bond motifs is 1. The van der Waals surface area contributed by atoms with Gasteiger partial charge in [0.25, 0.3) is 0 Å². The van der Waals surface area contributed by atoms with Crippen molar-refractivity contribution >= 4 is 5.69 Å². The highest BCUT2D eigenvalue weighted by atomic mass is 16.6. The summed E-state index contributed by atoms with van der Waals surface area (Å²) in [6.07, 6.45) is 2.58. The summed E-state index contributed by atoms with van der Waals surface area (Å²) in [5.74, 6) is 2.46. The summed E-state index contributed by atoms with van der Waals surface area (Å²) in [7, 11) is 0. The van der Waals surface area contributed by atoms with Crippen molar-refractivity contribution in [1.29, 1.82) is 0 Å². The average Bonchev–Trinajstić information content (AvgIpc) is 2.69. The molecule has 2 aliphatic heterocycles. The number of nitrogens with one attached hydrogen (secondary N) is 1. The molecule has 4 rings (SSSR count). The van der Waals surface area contributed by atoms with Crippen LogP contribution < -0.4 is 19.7 Å². The SMILES string of the molecule is c1ccc(N2CCC(CNC[C@@H]3COc4ccccc4O3)CC2)cc1. The lowest BCUT2D eigenvalue weighted by Crippen LogP contribution is -2.42. The molecule has 25 heavy (non-hydrogen) atoms. The summed E-state index contributed by atoms with van der Waals surface area (Å²) >= 11 is 0. The predicted molar refractivity (Wildman–Crippen MR) is 101 cm³/mol. The maximum atomic E-state index is 6.00. The van der Waals surface area contributed by atoms with Crippen LogP contribution in [0.15, 0.2) is 54.6 Å². The largest absolute Gasteiger partial charge is 0.486 e. The van der Waals surface area contributed by atoms with Crippen LogP contribution in [-0.2, 0) is 0 Å². The molecule has 1 saturated heterocycles. The maximum absolute atomic E-state index is 6.00. The van der Waals surface area contributed by atoms with E-state index in [4.69, 9.17) is 9.47 Å². The molecular weight excluding hydrogens is 312 g/mol. The first-order valence-corrected chi connectivity index (χ1v) is 9.28. The molecule has 2 aromatic carbocycles. The zero-order valence-corrected chi connectivity index (χ0v) is 14.6. The monoisotopic (exact) mass is 338 g/mol. The van der Waals surface area contributed by atoms with Crippen LogP contribution in [0.3, 0.4) is 0 Å². The van der Waals surface area contributed by atoms with E-state index in [2.05, 4.69) is 40.5 Å². The molecule has 0 saturated carbocycles. The number of nitrogens with zero attached hydrogens (tertiary/aromatic N) is 1. The van der Waals surface area contributed by atoms with Crippen molar-refractivity contribution in [2.24, 2.45) is 5.92 Å². The topological polar surface area (TPSA) is 33.7 Å². The van der Waals surface area contributed by atoms with Gasteiger partial charge in [0, 0.05) is 25.3 Å². The van der Waals surface area contributed by atoms with E-state index < -0.39 is 0 Å². The molecule has 0 aromatic heterocycles. The molecule has 4 nitrogen and oxygen atoms in total. The zero-order chi connectivity index (χ0) is 16.9. The summed E-state index contributed by atoms with van der Waals surface area (Å²) < 4.78 is 11.8. The Morgan fingerprint density at radius 3 is 2.40 bits per heavy atom. The number of benzene rings is 2. The molecule has 0 unspecified atom stereocenters. The van der Waals surface area contributed by atoms with Crippen molar-refractivity contribution in [3.63, 3.8) is 0 Å². The van der Waals surface area contributed by atoms with Crippen molar-refractivity contribution in [3.8, 4) is 11.5 Å². The van der Waals surface area contributed by atoms with Gasteiger partial charge < -0.3 is 19.7 Å². The van der Waals surface area contributed by atoms with Crippen LogP contribution in [0.1, 0.15) is 12.8 Å². The number of ether oxygens (including phenoxy) is 2. The number of hydrogen-bond donors (Lipinski definition) is 1. The summed E-state index contributed by atoms with van der Waals surface area (Å²) in [4.78, 5) is 2.49. The summed E-state index contributed by atoms with van der Waals surface area (Å²) in [6.45, 7) is 4.81. The average molecular weight is 338 g/mol. The maximum Gasteiger partial charge on any atom is 0.161 e. The Balaban J connectivity index is 1.18. The molecule has 0 spiro atoms. The fourth-order valence-corrected chi connectivity index (χ4v) is 3.65. The molecule has 132 valence electrons. The van der Waals surface area contributed by atoms with E-state index in [1.165, 1.54) is 18.5 Å². The lowest BCUT2D eigenvalue weighted by atomic mass is 9.96. The van der Waals surface area contributed by atoms with Crippen LogP contribution >= 0.6 is 0 Å². The Bertz CT molecular complexity index is 669. The highest BCUT2D eigenvalue weighted by Crippen LogP contribution is 2.30. The highest BCUT2D eigenvalue weighted by Gasteiger charge is 2.22. The van der Waals surface area contributed by atoms with Gasteiger partial charge >= 0.3 is 0 Å². The zero-order valence-electron chi connectivity index (χ0n) is 14.6. The van der Waals surface area contributed by atoms with Crippen LogP contribution in [0, 0.1) is 5.92 Å². The van der Waals surface area contributed by atoms with E-state index in [0.717, 1.165) is 43.6 Å². The first kappa shape index (κ1) is 16.3. The van der Waals surface area contributed by atoms with Crippen molar-refractivity contribution in [2.45, 2.75) is 18.9 Å². The molecule has 1 fully saturated rings. The van der Waals surface area contributed by atoms with Gasteiger partial charge in [-0.1, -0.05) is 30.3 Å². The third kappa shape index (κ3) is 4.07. The molecule has 0 bridgehead atoms. The normalized spacial score (nSPS) is 20.5. The van der Waals surface area contributed by atoms with E-state index in [-0.39, 0.29) is 6.10 Å². The second kappa shape index (κ2) is 7.79. The predicted octanol–water partition coefficient (Wildman–Crippen LogP) is 3.33. The third-order valence-electron chi connectivity index (χ3n) is 5.11. The molecule has 2 heterocycles. The van der Waals surface area contributed by atoms with Gasteiger partial charge in [0.15, 0.2) is 11.5 Å². The van der Waals surface area contributed by atoms with Gasteiger partial charge in [-0.3, -0.25) is 0 Å². The third-order valence-corrected chi connectivity index (χ3v) is 5.11. The Kier molecular flexibility index (Phi) is 5.07. The lowest BCUT2D eigenvalue weighted by Gasteiger charge is -2.34. The van der Waals surface area contributed by atoms with Gasteiger partial charge in [0.2, 0.25) is 0 Å². The number of piperidine rings is 1. The van der Waals surface area contributed by atoms with Gasteiger partial charge in [-0.05, 0) is 49.6 Å². The van der Waals surface area contributed by atoms with Crippen LogP contribution in [0.25, 0.3) is 0 Å². The van der Waals surface area contributed by atoms with Crippen molar-refractivity contribution in [3.05, 3.63) is 54.6 Å². The molecule has 4 heteroatoms. The number of hydrogen-bond acceptors (Lipinski definition) is 4. The number of anilines is 1. The smallest absolute Gasteiger partial charge is 0.161 e. The first-order valence-electron chi connectivity index (χ1n) is 9.28. The second-order valence-corrected chi connectivity index (χ2v) is 6.92.